The number of para-hydroxylation sites is 1. The van der Waals surface area contributed by atoms with Gasteiger partial charge in [-0.05, 0) is 12.1 Å². The molecule has 0 aliphatic rings. The summed E-state index contributed by atoms with van der Waals surface area (Å²) < 4.78 is 5.38. The number of amides is 2. The van der Waals surface area contributed by atoms with E-state index < -0.39 is 11.8 Å². The third kappa shape index (κ3) is 5.47. The highest BCUT2D eigenvalue weighted by molar-refractivity contribution is 7.18. The number of nitrogens with one attached hydrogen (secondary N) is 2. The number of nitrogens with zero attached hydrogens (tertiary/aromatic N) is 3. The predicted molar refractivity (Wildman–Crippen MR) is 110 cm³/mol. The van der Waals surface area contributed by atoms with Crippen molar-refractivity contribution >= 4 is 34.5 Å². The summed E-state index contributed by atoms with van der Waals surface area (Å²) in [5, 5.41) is 14.9. The molecule has 0 saturated heterocycles. The Bertz CT molecular complexity index is 1070. The van der Waals surface area contributed by atoms with Gasteiger partial charge in [0.1, 0.15) is 17.4 Å². The monoisotopic (exact) mass is 405 g/mol. The second-order valence-electron chi connectivity index (χ2n) is 5.46. The number of terminal acetylenes is 1. The molecule has 1 heterocycles. The van der Waals surface area contributed by atoms with Crippen LogP contribution >= 0.6 is 11.3 Å². The van der Waals surface area contributed by atoms with Gasteiger partial charge in [-0.25, -0.2) is 5.43 Å². The highest BCUT2D eigenvalue weighted by Crippen LogP contribution is 2.25. The minimum atomic E-state index is -0.945. The standard InChI is InChI=1S/C20H15N5O3S/c1-2-12-28-16-11-7-6-10-15(16)13-21-23-18(27)17(26)22-20-25-24-19(29-20)14-8-4-3-5-9-14/h1,3-11,13H,12H2,(H,23,27)(H,22,25,26)/b21-13+. The molecule has 0 bridgehead atoms. The Morgan fingerprint density at radius 2 is 1.86 bits per heavy atom. The molecule has 29 heavy (non-hydrogen) atoms. The molecule has 144 valence electrons. The molecule has 9 heteroatoms. The average molecular weight is 405 g/mol. The van der Waals surface area contributed by atoms with E-state index in [0.29, 0.717) is 16.3 Å². The van der Waals surface area contributed by atoms with E-state index in [1.807, 2.05) is 30.3 Å². The van der Waals surface area contributed by atoms with Crippen LogP contribution in [-0.2, 0) is 9.59 Å². The number of benzene rings is 2. The number of hydrazone groups is 1. The summed E-state index contributed by atoms with van der Waals surface area (Å²) in [6, 6.07) is 16.4. The Morgan fingerprint density at radius 1 is 1.10 bits per heavy atom. The number of anilines is 1. The van der Waals surface area contributed by atoms with Gasteiger partial charge in [-0.1, -0.05) is 59.7 Å². The van der Waals surface area contributed by atoms with Gasteiger partial charge in [0.15, 0.2) is 0 Å². The number of ether oxygens (including phenoxy) is 1. The van der Waals surface area contributed by atoms with Crippen molar-refractivity contribution in [2.24, 2.45) is 5.10 Å². The molecule has 0 unspecified atom stereocenters. The summed E-state index contributed by atoms with van der Waals surface area (Å²) in [6.07, 6.45) is 6.54. The summed E-state index contributed by atoms with van der Waals surface area (Å²) >= 11 is 1.16. The van der Waals surface area contributed by atoms with E-state index in [4.69, 9.17) is 11.2 Å². The molecule has 2 amide bonds. The molecule has 0 fully saturated rings. The third-order valence-electron chi connectivity index (χ3n) is 3.47. The van der Waals surface area contributed by atoms with Crippen molar-refractivity contribution in [2.75, 3.05) is 11.9 Å². The fourth-order valence-electron chi connectivity index (χ4n) is 2.17. The van der Waals surface area contributed by atoms with Crippen molar-refractivity contribution in [1.29, 1.82) is 0 Å². The number of carbonyl (C=O) groups excluding carboxylic acids is 2. The lowest BCUT2D eigenvalue weighted by atomic mass is 10.2. The fourth-order valence-corrected chi connectivity index (χ4v) is 2.92. The molecule has 3 aromatic rings. The average Bonchev–Trinajstić information content (AvgIpc) is 3.22. The zero-order chi connectivity index (χ0) is 20.5. The maximum Gasteiger partial charge on any atom is 0.329 e. The largest absolute Gasteiger partial charge is 0.480 e. The molecule has 2 aromatic carbocycles. The first-order valence-corrected chi connectivity index (χ1v) is 9.17. The van der Waals surface area contributed by atoms with Crippen LogP contribution < -0.4 is 15.5 Å². The second kappa shape index (κ2) is 9.77. The molecule has 0 radical (unpaired) electrons. The number of rotatable bonds is 6. The van der Waals surface area contributed by atoms with Crippen LogP contribution in [0, 0.1) is 12.3 Å². The second-order valence-corrected chi connectivity index (χ2v) is 6.44. The van der Waals surface area contributed by atoms with Crippen LogP contribution in [0.4, 0.5) is 5.13 Å². The van der Waals surface area contributed by atoms with Gasteiger partial charge in [-0.15, -0.1) is 16.6 Å². The van der Waals surface area contributed by atoms with Gasteiger partial charge < -0.3 is 4.74 Å². The van der Waals surface area contributed by atoms with Crippen LogP contribution in [0.1, 0.15) is 5.56 Å². The molecule has 2 N–H and O–H groups in total. The van der Waals surface area contributed by atoms with E-state index in [1.54, 1.807) is 24.3 Å². The molecule has 0 atom stereocenters. The third-order valence-corrected chi connectivity index (χ3v) is 4.36. The minimum absolute atomic E-state index is 0.104. The predicted octanol–water partition coefficient (Wildman–Crippen LogP) is 2.31. The molecule has 0 saturated carbocycles. The van der Waals surface area contributed by atoms with Crippen molar-refractivity contribution in [1.82, 2.24) is 15.6 Å². The number of hydrogen-bond acceptors (Lipinski definition) is 7. The van der Waals surface area contributed by atoms with E-state index >= 15 is 0 Å². The van der Waals surface area contributed by atoms with Crippen molar-refractivity contribution in [3.8, 4) is 28.7 Å². The minimum Gasteiger partial charge on any atom is -0.480 e. The number of hydrogen-bond donors (Lipinski definition) is 2. The van der Waals surface area contributed by atoms with E-state index in [0.717, 1.165) is 16.9 Å². The first-order valence-electron chi connectivity index (χ1n) is 8.36. The molecular weight excluding hydrogens is 390 g/mol. The molecule has 0 aliphatic carbocycles. The summed E-state index contributed by atoms with van der Waals surface area (Å²) in [6.45, 7) is 0.104. The van der Waals surface area contributed by atoms with Crippen LogP contribution in [0.15, 0.2) is 59.7 Å². The zero-order valence-electron chi connectivity index (χ0n) is 15.0. The molecule has 3 rings (SSSR count). The van der Waals surface area contributed by atoms with E-state index in [1.165, 1.54) is 6.21 Å². The normalized spacial score (nSPS) is 10.3. The smallest absolute Gasteiger partial charge is 0.329 e. The van der Waals surface area contributed by atoms with Crippen molar-refractivity contribution in [3.05, 3.63) is 60.2 Å². The topological polar surface area (TPSA) is 106 Å². The highest BCUT2D eigenvalue weighted by Gasteiger charge is 2.16. The zero-order valence-corrected chi connectivity index (χ0v) is 15.8. The first kappa shape index (κ1) is 19.7. The Labute approximate surface area is 170 Å². The van der Waals surface area contributed by atoms with Crippen LogP contribution in [0.5, 0.6) is 5.75 Å². The first-order chi connectivity index (χ1) is 14.2. The van der Waals surface area contributed by atoms with Gasteiger partial charge in [0.05, 0.1) is 6.21 Å². The van der Waals surface area contributed by atoms with Gasteiger partial charge >= 0.3 is 11.8 Å². The molecule has 0 spiro atoms. The van der Waals surface area contributed by atoms with Crippen LogP contribution in [0.25, 0.3) is 10.6 Å². The van der Waals surface area contributed by atoms with Gasteiger partial charge in [0, 0.05) is 11.1 Å². The van der Waals surface area contributed by atoms with Crippen LogP contribution in [0.2, 0.25) is 0 Å². The van der Waals surface area contributed by atoms with Crippen molar-refractivity contribution in [2.45, 2.75) is 0 Å². The fraction of sp³-hybridized carbons (Fsp3) is 0.0500. The van der Waals surface area contributed by atoms with Gasteiger partial charge in [0.25, 0.3) is 0 Å². The summed E-state index contributed by atoms with van der Waals surface area (Å²) in [4.78, 5) is 23.9. The molecular formula is C20H15N5O3S. The molecule has 1 aromatic heterocycles. The molecule has 0 aliphatic heterocycles. The summed E-state index contributed by atoms with van der Waals surface area (Å²) in [5.74, 6) is 1.03. The van der Waals surface area contributed by atoms with Crippen molar-refractivity contribution in [3.63, 3.8) is 0 Å². The maximum atomic E-state index is 12.0. The van der Waals surface area contributed by atoms with Gasteiger partial charge in [-0.3, -0.25) is 14.9 Å². The molecule has 8 nitrogen and oxygen atoms in total. The highest BCUT2D eigenvalue weighted by atomic mass is 32.1. The lowest BCUT2D eigenvalue weighted by molar-refractivity contribution is -0.136. The Balaban J connectivity index is 1.57. The van der Waals surface area contributed by atoms with Gasteiger partial charge in [0.2, 0.25) is 5.13 Å². The number of aromatic nitrogens is 2. The summed E-state index contributed by atoms with van der Waals surface area (Å²) in [7, 11) is 0. The Morgan fingerprint density at radius 3 is 2.66 bits per heavy atom. The SMILES string of the molecule is C#CCOc1ccccc1/C=N/NC(=O)C(=O)Nc1nnc(-c2ccccc2)s1. The van der Waals surface area contributed by atoms with Crippen molar-refractivity contribution < 1.29 is 14.3 Å². The Kier molecular flexibility index (Phi) is 6.65. The number of carbonyl (C=O) groups is 2. The Hall–Kier alpha value is -4.03. The summed E-state index contributed by atoms with van der Waals surface area (Å²) in [5.41, 5.74) is 3.62. The quantitative estimate of drug-likeness (QED) is 0.283. The van der Waals surface area contributed by atoms with Crippen LogP contribution in [-0.4, -0.2) is 34.8 Å². The van der Waals surface area contributed by atoms with E-state index in [-0.39, 0.29) is 11.7 Å². The van der Waals surface area contributed by atoms with E-state index in [9.17, 15) is 9.59 Å². The maximum absolute atomic E-state index is 12.0. The van der Waals surface area contributed by atoms with E-state index in [2.05, 4.69) is 32.0 Å². The van der Waals surface area contributed by atoms with Crippen LogP contribution in [0.3, 0.4) is 0 Å². The lowest BCUT2D eigenvalue weighted by Crippen LogP contribution is -2.32. The van der Waals surface area contributed by atoms with Gasteiger partial charge in [-0.2, -0.15) is 5.10 Å². The lowest BCUT2D eigenvalue weighted by Gasteiger charge is -2.05.